The van der Waals surface area contributed by atoms with Gasteiger partial charge in [0.15, 0.2) is 0 Å². The number of thiophene rings is 1. The molecule has 1 saturated heterocycles. The van der Waals surface area contributed by atoms with Crippen molar-refractivity contribution in [2.75, 3.05) is 17.2 Å². The minimum atomic E-state index is -0.0242. The van der Waals surface area contributed by atoms with Crippen LogP contribution in [0.2, 0.25) is 0 Å². The van der Waals surface area contributed by atoms with E-state index in [1.54, 1.807) is 0 Å². The van der Waals surface area contributed by atoms with E-state index < -0.39 is 0 Å². The molecule has 1 aromatic carbocycles. The largest absolute Gasteiger partial charge is 0.397 e. The summed E-state index contributed by atoms with van der Waals surface area (Å²) < 4.78 is 1.09. The fraction of sp³-hybridized carbons (Fsp3) is 0.357. The summed E-state index contributed by atoms with van der Waals surface area (Å²) in [6, 6.07) is 6.40. The molecule has 1 atom stereocenters. The fourth-order valence-electron chi connectivity index (χ4n) is 2.29. The summed E-state index contributed by atoms with van der Waals surface area (Å²) in [5, 5.41) is 4.07. The third-order valence-corrected chi connectivity index (χ3v) is 5.68. The summed E-state index contributed by atoms with van der Waals surface area (Å²) in [7, 11) is 0. The Morgan fingerprint density at radius 1 is 1.47 bits per heavy atom. The molecule has 1 aliphatic heterocycles. The molecular formula is C14H16N2OS2. The third kappa shape index (κ3) is 2.44. The van der Waals surface area contributed by atoms with Gasteiger partial charge in [-0.15, -0.1) is 11.3 Å². The van der Waals surface area contributed by atoms with Crippen LogP contribution in [-0.2, 0) is 0 Å². The molecule has 1 fully saturated rings. The normalized spacial score (nSPS) is 18.9. The van der Waals surface area contributed by atoms with E-state index in [0.717, 1.165) is 28.0 Å². The lowest BCUT2D eigenvalue weighted by molar-refractivity contribution is 0.0946. The van der Waals surface area contributed by atoms with Gasteiger partial charge in [0.1, 0.15) is 4.88 Å². The van der Waals surface area contributed by atoms with Crippen LogP contribution in [0.25, 0.3) is 10.1 Å². The highest BCUT2D eigenvalue weighted by Gasteiger charge is 2.21. The van der Waals surface area contributed by atoms with E-state index in [1.807, 2.05) is 30.8 Å². The van der Waals surface area contributed by atoms with Crippen molar-refractivity contribution in [3.05, 3.63) is 28.6 Å². The summed E-state index contributed by atoms with van der Waals surface area (Å²) in [5.74, 6) is 2.12. The van der Waals surface area contributed by atoms with E-state index in [0.29, 0.717) is 16.6 Å². The summed E-state index contributed by atoms with van der Waals surface area (Å²) in [6.45, 7) is 2.05. The molecule has 3 nitrogen and oxygen atoms in total. The van der Waals surface area contributed by atoms with E-state index in [1.165, 1.54) is 16.9 Å². The molecule has 2 heterocycles. The second kappa shape index (κ2) is 5.06. The first-order chi connectivity index (χ1) is 9.15. The van der Waals surface area contributed by atoms with Crippen LogP contribution < -0.4 is 11.1 Å². The lowest BCUT2D eigenvalue weighted by Crippen LogP contribution is -2.34. The van der Waals surface area contributed by atoms with Crippen LogP contribution in [0.3, 0.4) is 0 Å². The van der Waals surface area contributed by atoms with Crippen LogP contribution in [0, 0.1) is 6.92 Å². The molecular weight excluding hydrogens is 276 g/mol. The Kier molecular flexibility index (Phi) is 3.41. The zero-order valence-electron chi connectivity index (χ0n) is 10.7. The number of nitrogens with one attached hydrogen (secondary N) is 1. The quantitative estimate of drug-likeness (QED) is 0.894. The lowest BCUT2D eigenvalue weighted by atomic mass is 10.1. The predicted octanol–water partition coefficient (Wildman–Crippen LogP) is 3.03. The van der Waals surface area contributed by atoms with Gasteiger partial charge in [-0.2, -0.15) is 11.8 Å². The molecule has 1 unspecified atom stereocenters. The van der Waals surface area contributed by atoms with Crippen molar-refractivity contribution in [2.45, 2.75) is 19.4 Å². The minimum absolute atomic E-state index is 0.0242. The van der Waals surface area contributed by atoms with Crippen molar-refractivity contribution in [2.24, 2.45) is 0 Å². The fourth-order valence-corrected chi connectivity index (χ4v) is 4.57. The molecule has 0 spiro atoms. The number of hydrogen-bond donors (Lipinski definition) is 2. The maximum absolute atomic E-state index is 12.3. The van der Waals surface area contributed by atoms with Crippen LogP contribution in [-0.4, -0.2) is 23.5 Å². The molecule has 19 heavy (non-hydrogen) atoms. The Labute approximate surface area is 120 Å². The number of aryl methyl sites for hydroxylation is 1. The Bertz CT molecular complexity index is 630. The van der Waals surface area contributed by atoms with Gasteiger partial charge >= 0.3 is 0 Å². The summed E-state index contributed by atoms with van der Waals surface area (Å²) in [4.78, 5) is 12.9. The van der Waals surface area contributed by atoms with Gasteiger partial charge in [0.05, 0.1) is 5.69 Å². The monoisotopic (exact) mass is 292 g/mol. The van der Waals surface area contributed by atoms with E-state index in [-0.39, 0.29) is 5.91 Å². The zero-order chi connectivity index (χ0) is 13.4. The number of fused-ring (bicyclic) bond motifs is 1. The number of benzene rings is 1. The van der Waals surface area contributed by atoms with Crippen molar-refractivity contribution in [1.82, 2.24) is 5.32 Å². The van der Waals surface area contributed by atoms with Crippen LogP contribution in [0.15, 0.2) is 18.2 Å². The van der Waals surface area contributed by atoms with Gasteiger partial charge in [-0.3, -0.25) is 4.79 Å². The summed E-state index contributed by atoms with van der Waals surface area (Å²) in [6.07, 6.45) is 1.06. The second-order valence-electron chi connectivity index (χ2n) is 4.88. The first kappa shape index (κ1) is 12.8. The Morgan fingerprint density at radius 3 is 3.05 bits per heavy atom. The number of nitrogen functional groups attached to an aromatic ring is 1. The SMILES string of the molecule is Cc1ccc2c(N)c(C(=O)NC3CCSC3)sc2c1. The van der Waals surface area contributed by atoms with E-state index >= 15 is 0 Å². The molecule has 1 aromatic heterocycles. The number of amides is 1. The molecule has 1 aliphatic rings. The third-order valence-electron chi connectivity index (χ3n) is 3.36. The summed E-state index contributed by atoms with van der Waals surface area (Å²) >= 11 is 3.37. The van der Waals surface area contributed by atoms with E-state index in [2.05, 4.69) is 11.4 Å². The highest BCUT2D eigenvalue weighted by Crippen LogP contribution is 2.34. The Morgan fingerprint density at radius 2 is 2.32 bits per heavy atom. The molecule has 100 valence electrons. The number of anilines is 1. The molecule has 0 saturated carbocycles. The van der Waals surface area contributed by atoms with Gasteiger partial charge in [-0.1, -0.05) is 12.1 Å². The molecule has 5 heteroatoms. The number of hydrogen-bond acceptors (Lipinski definition) is 4. The number of thioether (sulfide) groups is 1. The average Bonchev–Trinajstić information content (AvgIpc) is 2.97. The van der Waals surface area contributed by atoms with E-state index in [9.17, 15) is 4.79 Å². The van der Waals surface area contributed by atoms with Crippen LogP contribution in [0.5, 0.6) is 0 Å². The smallest absolute Gasteiger partial charge is 0.263 e. The first-order valence-corrected chi connectivity index (χ1v) is 8.29. The highest BCUT2D eigenvalue weighted by molar-refractivity contribution is 7.99. The van der Waals surface area contributed by atoms with Crippen molar-refractivity contribution in [3.8, 4) is 0 Å². The van der Waals surface area contributed by atoms with Crippen molar-refractivity contribution in [1.29, 1.82) is 0 Å². The number of carbonyl (C=O) groups excluding carboxylic acids is 1. The van der Waals surface area contributed by atoms with Gasteiger partial charge in [0, 0.05) is 21.9 Å². The lowest BCUT2D eigenvalue weighted by Gasteiger charge is -2.10. The standard InChI is InChI=1S/C14H16N2OS2/c1-8-2-3-10-11(6-8)19-13(12(10)15)14(17)16-9-4-5-18-7-9/h2-3,6,9H,4-5,7,15H2,1H3,(H,16,17). The Hall–Kier alpha value is -1.20. The van der Waals surface area contributed by atoms with Crippen LogP contribution in [0.1, 0.15) is 21.7 Å². The minimum Gasteiger partial charge on any atom is -0.397 e. The number of rotatable bonds is 2. The molecule has 0 aliphatic carbocycles. The predicted molar refractivity (Wildman–Crippen MR) is 84.2 cm³/mol. The maximum Gasteiger partial charge on any atom is 0.263 e. The summed E-state index contributed by atoms with van der Waals surface area (Å²) in [5.41, 5.74) is 7.91. The highest BCUT2D eigenvalue weighted by atomic mass is 32.2. The van der Waals surface area contributed by atoms with Crippen molar-refractivity contribution < 1.29 is 4.79 Å². The topological polar surface area (TPSA) is 55.1 Å². The molecule has 2 aromatic rings. The molecule has 3 N–H and O–H groups in total. The Balaban J connectivity index is 1.91. The van der Waals surface area contributed by atoms with Gasteiger partial charge in [0.25, 0.3) is 5.91 Å². The van der Waals surface area contributed by atoms with Crippen LogP contribution >= 0.6 is 23.1 Å². The maximum atomic E-state index is 12.3. The molecule has 3 rings (SSSR count). The molecule has 0 radical (unpaired) electrons. The molecule has 0 bridgehead atoms. The van der Waals surface area contributed by atoms with Gasteiger partial charge < -0.3 is 11.1 Å². The van der Waals surface area contributed by atoms with Crippen molar-refractivity contribution in [3.63, 3.8) is 0 Å². The number of carbonyl (C=O) groups is 1. The van der Waals surface area contributed by atoms with Crippen molar-refractivity contribution >= 4 is 44.8 Å². The number of nitrogens with two attached hydrogens (primary N) is 1. The van der Waals surface area contributed by atoms with E-state index in [4.69, 9.17) is 5.73 Å². The zero-order valence-corrected chi connectivity index (χ0v) is 12.4. The average molecular weight is 292 g/mol. The first-order valence-electron chi connectivity index (χ1n) is 6.32. The van der Waals surface area contributed by atoms with Gasteiger partial charge in [0.2, 0.25) is 0 Å². The second-order valence-corrected chi connectivity index (χ2v) is 7.08. The van der Waals surface area contributed by atoms with Gasteiger partial charge in [-0.05, 0) is 30.7 Å². The van der Waals surface area contributed by atoms with Crippen LogP contribution in [0.4, 0.5) is 5.69 Å². The van der Waals surface area contributed by atoms with Gasteiger partial charge in [-0.25, -0.2) is 0 Å². The molecule has 1 amide bonds.